The number of halogens is 1. The summed E-state index contributed by atoms with van der Waals surface area (Å²) in [6.07, 6.45) is -0.870. The van der Waals surface area contributed by atoms with Crippen molar-refractivity contribution >= 4 is 35.0 Å². The van der Waals surface area contributed by atoms with Crippen molar-refractivity contribution in [1.29, 1.82) is 0 Å². The molecule has 2 aromatic rings. The van der Waals surface area contributed by atoms with E-state index >= 15 is 0 Å². The van der Waals surface area contributed by atoms with Crippen molar-refractivity contribution in [3.05, 3.63) is 64.7 Å². The van der Waals surface area contributed by atoms with Crippen molar-refractivity contribution in [1.82, 2.24) is 4.90 Å². The van der Waals surface area contributed by atoms with Crippen LogP contribution >= 0.6 is 11.6 Å². The van der Waals surface area contributed by atoms with Crippen molar-refractivity contribution in [2.45, 2.75) is 25.7 Å². The van der Waals surface area contributed by atoms with E-state index in [0.717, 1.165) is 10.5 Å². The number of rotatable bonds is 7. The zero-order valence-corrected chi connectivity index (χ0v) is 17.8. The number of anilines is 1. The van der Waals surface area contributed by atoms with Crippen molar-refractivity contribution in [3.63, 3.8) is 0 Å². The van der Waals surface area contributed by atoms with Gasteiger partial charge in [-0.05, 0) is 43.3 Å². The van der Waals surface area contributed by atoms with Gasteiger partial charge in [-0.3, -0.25) is 14.4 Å². The van der Waals surface area contributed by atoms with E-state index in [-0.39, 0.29) is 24.8 Å². The highest BCUT2D eigenvalue weighted by Gasteiger charge is 2.45. The summed E-state index contributed by atoms with van der Waals surface area (Å²) in [6, 6.07) is 12.5. The van der Waals surface area contributed by atoms with E-state index in [2.05, 4.69) is 0 Å². The second kappa shape index (κ2) is 9.38. The number of methoxy groups -OCH3 is 2. The van der Waals surface area contributed by atoms with Gasteiger partial charge in [0.1, 0.15) is 6.04 Å². The molecule has 1 aliphatic rings. The Morgan fingerprint density at radius 3 is 2.43 bits per heavy atom. The molecule has 0 aromatic heterocycles. The van der Waals surface area contributed by atoms with Gasteiger partial charge in [0.25, 0.3) is 11.8 Å². The van der Waals surface area contributed by atoms with Gasteiger partial charge in [0.05, 0.1) is 18.7 Å². The molecule has 1 saturated heterocycles. The minimum Gasteiger partial charge on any atom is -0.354 e. The average Bonchev–Trinajstić information content (AvgIpc) is 3.03. The van der Waals surface area contributed by atoms with Gasteiger partial charge < -0.3 is 14.4 Å². The maximum Gasteiger partial charge on any atom is 0.257 e. The molecule has 30 heavy (non-hydrogen) atoms. The van der Waals surface area contributed by atoms with Gasteiger partial charge in [-0.1, -0.05) is 29.3 Å². The molecule has 0 spiro atoms. The lowest BCUT2D eigenvalue weighted by molar-refractivity contribution is -0.128. The predicted octanol–water partition coefficient (Wildman–Crippen LogP) is 3.04. The van der Waals surface area contributed by atoms with Gasteiger partial charge in [0.2, 0.25) is 5.91 Å². The molecule has 7 nitrogen and oxygen atoms in total. The molecule has 2 aromatic carbocycles. The van der Waals surface area contributed by atoms with Crippen LogP contribution in [0, 0.1) is 6.92 Å². The number of carbonyl (C=O) groups excluding carboxylic acids is 3. The monoisotopic (exact) mass is 430 g/mol. The molecular weight excluding hydrogens is 408 g/mol. The fourth-order valence-electron chi connectivity index (χ4n) is 3.42. The topological polar surface area (TPSA) is 76.2 Å². The largest absolute Gasteiger partial charge is 0.354 e. The fraction of sp³-hybridized carbons (Fsp3) is 0.318. The molecule has 1 aliphatic heterocycles. The molecule has 1 unspecified atom stereocenters. The molecule has 0 N–H and O–H groups in total. The Labute approximate surface area is 180 Å². The summed E-state index contributed by atoms with van der Waals surface area (Å²) in [7, 11) is 2.90. The van der Waals surface area contributed by atoms with Crippen LogP contribution in [0.2, 0.25) is 5.02 Å². The number of ether oxygens (including phenoxy) is 2. The van der Waals surface area contributed by atoms with Gasteiger partial charge in [0, 0.05) is 24.8 Å². The maximum absolute atomic E-state index is 13.3. The highest BCUT2D eigenvalue weighted by molar-refractivity contribution is 6.31. The minimum absolute atomic E-state index is 0.00206. The Hall–Kier alpha value is -2.74. The number of benzene rings is 2. The summed E-state index contributed by atoms with van der Waals surface area (Å²) < 4.78 is 10.5. The maximum atomic E-state index is 13.3. The Balaban J connectivity index is 1.94. The normalized spacial score (nSPS) is 16.4. The molecule has 3 rings (SSSR count). The zero-order chi connectivity index (χ0) is 21.8. The Morgan fingerprint density at radius 1 is 1.17 bits per heavy atom. The average molecular weight is 431 g/mol. The molecule has 0 radical (unpaired) electrons. The number of hydrogen-bond donors (Lipinski definition) is 0. The first-order chi connectivity index (χ1) is 14.3. The number of imide groups is 1. The first kappa shape index (κ1) is 22.0. The number of carbonyl (C=O) groups is 3. The molecule has 0 aliphatic carbocycles. The zero-order valence-electron chi connectivity index (χ0n) is 17.0. The van der Waals surface area contributed by atoms with Crippen molar-refractivity contribution < 1.29 is 23.9 Å². The third-order valence-electron chi connectivity index (χ3n) is 4.98. The molecule has 1 fully saturated rings. The summed E-state index contributed by atoms with van der Waals surface area (Å²) in [5.41, 5.74) is 1.74. The standard InChI is InChI=1S/C22H23ClN2O5/c1-14-5-4-6-15(11-14)21(27)24(13-20(29-2)30-3)18-12-19(26)25(22(18)28)17-9-7-16(23)8-10-17/h4-11,18,20H,12-13H2,1-3H3. The SMILES string of the molecule is COC(CN(C(=O)c1cccc(C)c1)C1CC(=O)N(c2ccc(Cl)cc2)C1=O)OC. The lowest BCUT2D eigenvalue weighted by atomic mass is 10.1. The molecule has 158 valence electrons. The van der Waals surface area contributed by atoms with E-state index < -0.39 is 18.2 Å². The minimum atomic E-state index is -0.964. The molecule has 1 heterocycles. The molecule has 1 atom stereocenters. The lowest BCUT2D eigenvalue weighted by Gasteiger charge is -2.30. The second-order valence-corrected chi connectivity index (χ2v) is 7.43. The summed E-state index contributed by atoms with van der Waals surface area (Å²) in [5, 5.41) is 0.494. The van der Waals surface area contributed by atoms with Crippen LogP contribution in [0.5, 0.6) is 0 Å². The van der Waals surface area contributed by atoms with Crippen molar-refractivity contribution in [2.24, 2.45) is 0 Å². The highest BCUT2D eigenvalue weighted by atomic mass is 35.5. The van der Waals surface area contributed by atoms with Crippen LogP contribution in [0.4, 0.5) is 5.69 Å². The van der Waals surface area contributed by atoms with Crippen LogP contribution in [0.25, 0.3) is 0 Å². The third kappa shape index (κ3) is 4.53. The summed E-state index contributed by atoms with van der Waals surface area (Å²) >= 11 is 5.91. The predicted molar refractivity (Wildman–Crippen MR) is 112 cm³/mol. The van der Waals surface area contributed by atoms with Gasteiger partial charge in [-0.15, -0.1) is 0 Å². The number of nitrogens with zero attached hydrogens (tertiary/aromatic N) is 2. The van der Waals surface area contributed by atoms with Crippen LogP contribution in [0.1, 0.15) is 22.3 Å². The van der Waals surface area contributed by atoms with E-state index in [4.69, 9.17) is 21.1 Å². The lowest BCUT2D eigenvalue weighted by Crippen LogP contribution is -2.49. The first-order valence-electron chi connectivity index (χ1n) is 9.41. The number of amides is 3. The number of hydrogen-bond acceptors (Lipinski definition) is 5. The second-order valence-electron chi connectivity index (χ2n) is 6.99. The van der Waals surface area contributed by atoms with Crippen LogP contribution in [-0.2, 0) is 19.1 Å². The van der Waals surface area contributed by atoms with E-state index in [9.17, 15) is 14.4 Å². The summed E-state index contributed by atoms with van der Waals surface area (Å²) in [5.74, 6) is -1.24. The molecule has 0 saturated carbocycles. The van der Waals surface area contributed by atoms with Crippen molar-refractivity contribution in [2.75, 3.05) is 25.7 Å². The van der Waals surface area contributed by atoms with Gasteiger partial charge in [-0.2, -0.15) is 0 Å². The van der Waals surface area contributed by atoms with Crippen LogP contribution in [-0.4, -0.2) is 55.7 Å². The van der Waals surface area contributed by atoms with Crippen molar-refractivity contribution in [3.8, 4) is 0 Å². The molecular formula is C22H23ClN2O5. The fourth-order valence-corrected chi connectivity index (χ4v) is 3.55. The van der Waals surface area contributed by atoms with E-state index in [1.807, 2.05) is 13.0 Å². The smallest absolute Gasteiger partial charge is 0.257 e. The van der Waals surface area contributed by atoms with Gasteiger partial charge in [-0.25, -0.2) is 4.90 Å². The molecule has 8 heteroatoms. The molecule has 0 bridgehead atoms. The van der Waals surface area contributed by atoms with Crippen LogP contribution < -0.4 is 4.90 Å². The number of aryl methyl sites for hydroxylation is 1. The Kier molecular flexibility index (Phi) is 6.87. The van der Waals surface area contributed by atoms with E-state index in [0.29, 0.717) is 16.3 Å². The molecule has 3 amide bonds. The van der Waals surface area contributed by atoms with Crippen LogP contribution in [0.15, 0.2) is 48.5 Å². The van der Waals surface area contributed by atoms with E-state index in [1.165, 1.54) is 19.1 Å². The Bertz CT molecular complexity index is 943. The summed E-state index contributed by atoms with van der Waals surface area (Å²) in [4.78, 5) is 41.6. The van der Waals surface area contributed by atoms with Gasteiger partial charge in [0.15, 0.2) is 6.29 Å². The van der Waals surface area contributed by atoms with Gasteiger partial charge >= 0.3 is 0 Å². The highest BCUT2D eigenvalue weighted by Crippen LogP contribution is 2.28. The Morgan fingerprint density at radius 2 is 1.83 bits per heavy atom. The third-order valence-corrected chi connectivity index (χ3v) is 5.23. The first-order valence-corrected chi connectivity index (χ1v) is 9.79. The van der Waals surface area contributed by atoms with Crippen LogP contribution in [0.3, 0.4) is 0 Å². The summed E-state index contributed by atoms with van der Waals surface area (Å²) in [6.45, 7) is 1.87. The quantitative estimate of drug-likeness (QED) is 0.498. The van der Waals surface area contributed by atoms with E-state index in [1.54, 1.807) is 42.5 Å².